The number of morpholine rings is 1. The Morgan fingerprint density at radius 1 is 1.45 bits per heavy atom. The van der Waals surface area contributed by atoms with Gasteiger partial charge in [-0.2, -0.15) is 0 Å². The van der Waals surface area contributed by atoms with Crippen LogP contribution < -0.4 is 10.6 Å². The largest absolute Gasteiger partial charge is 0.375 e. The second kappa shape index (κ2) is 6.61. The normalized spacial score (nSPS) is 25.8. The van der Waals surface area contributed by atoms with Crippen molar-refractivity contribution in [2.75, 3.05) is 25.4 Å². The van der Waals surface area contributed by atoms with Crippen molar-refractivity contribution >= 4 is 17.7 Å². The van der Waals surface area contributed by atoms with Crippen LogP contribution in [0.3, 0.4) is 0 Å². The molecule has 1 aromatic carbocycles. The lowest BCUT2D eigenvalue weighted by Crippen LogP contribution is -2.42. The van der Waals surface area contributed by atoms with E-state index < -0.39 is 0 Å². The van der Waals surface area contributed by atoms with Crippen LogP contribution in [0.25, 0.3) is 0 Å². The summed E-state index contributed by atoms with van der Waals surface area (Å²) in [6.07, 6.45) is 1.45. The number of ether oxygens (including phenoxy) is 1. The molecule has 108 valence electrons. The molecule has 20 heavy (non-hydrogen) atoms. The molecular weight excluding hydrogens is 272 g/mol. The Bertz CT molecular complexity index is 475. The van der Waals surface area contributed by atoms with Crippen molar-refractivity contribution in [2.24, 2.45) is 0 Å². The van der Waals surface area contributed by atoms with Crippen LogP contribution in [0.2, 0.25) is 0 Å². The first-order chi connectivity index (χ1) is 9.83. The minimum absolute atomic E-state index is 0.0111. The van der Waals surface area contributed by atoms with Crippen molar-refractivity contribution in [3.63, 3.8) is 0 Å². The molecule has 2 atom stereocenters. The number of benzene rings is 1. The van der Waals surface area contributed by atoms with Crippen molar-refractivity contribution in [1.82, 2.24) is 10.6 Å². The molecule has 3 rings (SSSR count). The zero-order chi connectivity index (χ0) is 13.8. The van der Waals surface area contributed by atoms with Gasteiger partial charge in [0.05, 0.1) is 25.2 Å². The standard InChI is InChI=1S/C15H20N2O2S/c18-15(9-11-10-16-6-7-19-11)17-13-5-8-20-14-4-2-1-3-12(13)14/h1-4,11,13,16H,5-10H2,(H,17,18). The molecule has 0 spiro atoms. The summed E-state index contributed by atoms with van der Waals surface area (Å²) in [6.45, 7) is 2.34. The van der Waals surface area contributed by atoms with Crippen molar-refractivity contribution in [3.8, 4) is 0 Å². The lowest BCUT2D eigenvalue weighted by Gasteiger charge is -2.27. The van der Waals surface area contributed by atoms with Gasteiger partial charge in [-0.15, -0.1) is 11.8 Å². The van der Waals surface area contributed by atoms with Crippen LogP contribution in [0.5, 0.6) is 0 Å². The van der Waals surface area contributed by atoms with Crippen molar-refractivity contribution in [1.29, 1.82) is 0 Å². The van der Waals surface area contributed by atoms with E-state index >= 15 is 0 Å². The molecule has 1 saturated heterocycles. The number of thioether (sulfide) groups is 1. The van der Waals surface area contributed by atoms with E-state index in [1.807, 2.05) is 17.8 Å². The first-order valence-corrected chi connectivity index (χ1v) is 8.15. The fourth-order valence-corrected chi connectivity index (χ4v) is 3.83. The third kappa shape index (κ3) is 3.34. The van der Waals surface area contributed by atoms with E-state index in [0.29, 0.717) is 13.0 Å². The van der Waals surface area contributed by atoms with E-state index in [1.54, 1.807) is 0 Å². The first-order valence-electron chi connectivity index (χ1n) is 7.16. The Hall–Kier alpha value is -1.04. The van der Waals surface area contributed by atoms with Crippen molar-refractivity contribution in [3.05, 3.63) is 29.8 Å². The fourth-order valence-electron chi connectivity index (χ4n) is 2.70. The maximum atomic E-state index is 12.2. The van der Waals surface area contributed by atoms with Crippen LogP contribution in [0, 0.1) is 0 Å². The molecule has 2 unspecified atom stereocenters. The predicted octanol–water partition coefficient (Wildman–Crippen LogP) is 1.72. The van der Waals surface area contributed by atoms with Gasteiger partial charge in [0, 0.05) is 23.7 Å². The van der Waals surface area contributed by atoms with Gasteiger partial charge in [0.25, 0.3) is 0 Å². The molecule has 1 fully saturated rings. The molecule has 4 nitrogen and oxygen atoms in total. The summed E-state index contributed by atoms with van der Waals surface area (Å²) < 4.78 is 5.58. The number of amides is 1. The van der Waals surface area contributed by atoms with Crippen LogP contribution in [0.4, 0.5) is 0 Å². The molecule has 2 aliphatic rings. The molecule has 0 saturated carbocycles. The van der Waals surface area contributed by atoms with Crippen LogP contribution in [-0.2, 0) is 9.53 Å². The number of rotatable bonds is 3. The van der Waals surface area contributed by atoms with E-state index in [9.17, 15) is 4.79 Å². The number of carbonyl (C=O) groups is 1. The highest BCUT2D eigenvalue weighted by Gasteiger charge is 2.24. The molecule has 0 radical (unpaired) electrons. The molecule has 1 aromatic rings. The molecule has 2 aliphatic heterocycles. The topological polar surface area (TPSA) is 50.4 Å². The molecule has 0 aromatic heterocycles. The molecule has 2 heterocycles. The number of fused-ring (bicyclic) bond motifs is 1. The Morgan fingerprint density at radius 2 is 2.35 bits per heavy atom. The van der Waals surface area contributed by atoms with E-state index in [1.165, 1.54) is 10.5 Å². The van der Waals surface area contributed by atoms with Crippen molar-refractivity contribution < 1.29 is 9.53 Å². The molecular formula is C15H20N2O2S. The third-order valence-corrected chi connectivity index (χ3v) is 4.83. The lowest BCUT2D eigenvalue weighted by atomic mass is 10.0. The number of carbonyl (C=O) groups excluding carboxylic acids is 1. The minimum atomic E-state index is 0.0111. The van der Waals surface area contributed by atoms with Gasteiger partial charge in [0.15, 0.2) is 0 Å². The SMILES string of the molecule is O=C(CC1CNCCO1)NC1CCSc2ccccc21. The third-order valence-electron chi connectivity index (χ3n) is 3.71. The van der Waals surface area contributed by atoms with E-state index in [-0.39, 0.29) is 18.1 Å². The quantitative estimate of drug-likeness (QED) is 0.890. The number of hydrogen-bond donors (Lipinski definition) is 2. The molecule has 5 heteroatoms. The molecule has 1 amide bonds. The van der Waals surface area contributed by atoms with Gasteiger partial charge in [-0.25, -0.2) is 0 Å². The summed E-state index contributed by atoms with van der Waals surface area (Å²) in [4.78, 5) is 13.5. The van der Waals surface area contributed by atoms with Gasteiger partial charge < -0.3 is 15.4 Å². The highest BCUT2D eigenvalue weighted by atomic mass is 32.2. The predicted molar refractivity (Wildman–Crippen MR) is 79.9 cm³/mol. The summed E-state index contributed by atoms with van der Waals surface area (Å²) in [5, 5.41) is 6.41. The highest BCUT2D eigenvalue weighted by Crippen LogP contribution is 2.35. The summed E-state index contributed by atoms with van der Waals surface area (Å²) in [5.41, 5.74) is 1.25. The summed E-state index contributed by atoms with van der Waals surface area (Å²) in [5.74, 6) is 1.15. The summed E-state index contributed by atoms with van der Waals surface area (Å²) in [7, 11) is 0. The fraction of sp³-hybridized carbons (Fsp3) is 0.533. The number of hydrogen-bond acceptors (Lipinski definition) is 4. The Kier molecular flexibility index (Phi) is 4.60. The zero-order valence-electron chi connectivity index (χ0n) is 11.4. The van der Waals surface area contributed by atoms with Gasteiger partial charge >= 0.3 is 0 Å². The average Bonchev–Trinajstić information content (AvgIpc) is 2.48. The van der Waals surface area contributed by atoms with Crippen molar-refractivity contribution in [2.45, 2.75) is 29.9 Å². The van der Waals surface area contributed by atoms with Gasteiger partial charge in [-0.05, 0) is 18.1 Å². The van der Waals surface area contributed by atoms with E-state index in [4.69, 9.17) is 4.74 Å². The number of nitrogens with one attached hydrogen (secondary N) is 2. The summed E-state index contributed by atoms with van der Waals surface area (Å²) in [6, 6.07) is 8.49. The monoisotopic (exact) mass is 292 g/mol. The summed E-state index contributed by atoms with van der Waals surface area (Å²) >= 11 is 1.87. The van der Waals surface area contributed by atoms with Crippen LogP contribution in [0.1, 0.15) is 24.4 Å². The van der Waals surface area contributed by atoms with Gasteiger partial charge in [0.1, 0.15) is 0 Å². The molecule has 0 bridgehead atoms. The smallest absolute Gasteiger partial charge is 0.223 e. The maximum Gasteiger partial charge on any atom is 0.223 e. The van der Waals surface area contributed by atoms with Crippen LogP contribution in [0.15, 0.2) is 29.2 Å². The minimum Gasteiger partial charge on any atom is -0.375 e. The maximum absolute atomic E-state index is 12.2. The molecule has 2 N–H and O–H groups in total. The van der Waals surface area contributed by atoms with Gasteiger partial charge in [0.2, 0.25) is 5.91 Å². The van der Waals surface area contributed by atoms with E-state index in [0.717, 1.165) is 25.3 Å². The van der Waals surface area contributed by atoms with Crippen LogP contribution >= 0.6 is 11.8 Å². The Labute approximate surface area is 123 Å². The van der Waals surface area contributed by atoms with Gasteiger partial charge in [-0.3, -0.25) is 4.79 Å². The Morgan fingerprint density at radius 3 is 3.20 bits per heavy atom. The highest BCUT2D eigenvalue weighted by molar-refractivity contribution is 7.99. The second-order valence-corrected chi connectivity index (χ2v) is 6.33. The van der Waals surface area contributed by atoms with Gasteiger partial charge in [-0.1, -0.05) is 18.2 Å². The first kappa shape index (κ1) is 13.9. The molecule has 0 aliphatic carbocycles. The Balaban J connectivity index is 1.59. The zero-order valence-corrected chi connectivity index (χ0v) is 12.2. The average molecular weight is 292 g/mol. The second-order valence-electron chi connectivity index (χ2n) is 5.20. The van der Waals surface area contributed by atoms with E-state index in [2.05, 4.69) is 28.8 Å². The van der Waals surface area contributed by atoms with Crippen LogP contribution in [-0.4, -0.2) is 37.5 Å². The lowest BCUT2D eigenvalue weighted by molar-refractivity contribution is -0.125.